The first-order chi connectivity index (χ1) is 7.27. The van der Waals surface area contributed by atoms with Gasteiger partial charge in [0, 0.05) is 0 Å². The summed E-state index contributed by atoms with van der Waals surface area (Å²) in [6, 6.07) is 10.3. The molecule has 0 aromatic heterocycles. The molecule has 0 aliphatic heterocycles. The van der Waals surface area contributed by atoms with Crippen molar-refractivity contribution in [2.45, 2.75) is 39.9 Å². The van der Waals surface area contributed by atoms with Crippen LogP contribution in [0.3, 0.4) is 0 Å². The van der Waals surface area contributed by atoms with Crippen LogP contribution < -0.4 is 0 Å². The predicted octanol–water partition coefficient (Wildman–Crippen LogP) is 3.95. The quantitative estimate of drug-likeness (QED) is 0.660. The van der Waals surface area contributed by atoms with Crippen LogP contribution in [0, 0.1) is 0 Å². The summed E-state index contributed by atoms with van der Waals surface area (Å²) in [6.07, 6.45) is 3.41. The van der Waals surface area contributed by atoms with Crippen molar-refractivity contribution < 1.29 is 4.74 Å². The lowest BCUT2D eigenvalue weighted by Crippen LogP contribution is -2.12. The Morgan fingerprint density at radius 2 is 2.00 bits per heavy atom. The van der Waals surface area contributed by atoms with Gasteiger partial charge in [-0.2, -0.15) is 0 Å². The first-order valence-electron chi connectivity index (χ1n) is 5.56. The molecule has 1 rings (SSSR count). The zero-order valence-corrected chi connectivity index (χ0v) is 9.86. The third kappa shape index (κ3) is 3.88. The summed E-state index contributed by atoms with van der Waals surface area (Å²) in [7, 11) is 0. The molecule has 82 valence electrons. The van der Waals surface area contributed by atoms with E-state index in [1.807, 2.05) is 18.2 Å². The zero-order valence-electron chi connectivity index (χ0n) is 9.86. The molecule has 1 atom stereocenters. The van der Waals surface area contributed by atoms with Gasteiger partial charge in [0.2, 0.25) is 0 Å². The van der Waals surface area contributed by atoms with Crippen LogP contribution in [-0.4, -0.2) is 6.10 Å². The van der Waals surface area contributed by atoms with Gasteiger partial charge in [-0.05, 0) is 31.4 Å². The lowest BCUT2D eigenvalue weighted by Gasteiger charge is -2.16. The minimum atomic E-state index is 0.259. The van der Waals surface area contributed by atoms with Gasteiger partial charge < -0.3 is 4.74 Å². The number of hydrogen-bond acceptors (Lipinski definition) is 1. The molecule has 0 saturated carbocycles. The predicted molar refractivity (Wildman–Crippen MR) is 64.7 cm³/mol. The average molecular weight is 204 g/mol. The van der Waals surface area contributed by atoms with Gasteiger partial charge in [-0.15, -0.1) is 0 Å². The molecule has 0 bridgehead atoms. The summed E-state index contributed by atoms with van der Waals surface area (Å²) < 4.78 is 5.86. The number of rotatable bonds is 5. The normalized spacial score (nSPS) is 13.9. The van der Waals surface area contributed by atoms with Crippen molar-refractivity contribution in [3.8, 4) is 0 Å². The first kappa shape index (κ1) is 12.0. The zero-order chi connectivity index (χ0) is 11.1. The molecule has 0 amide bonds. The van der Waals surface area contributed by atoms with Gasteiger partial charge in [-0.25, -0.2) is 0 Å². The van der Waals surface area contributed by atoms with Gasteiger partial charge in [0.25, 0.3) is 0 Å². The Morgan fingerprint density at radius 3 is 2.53 bits per heavy atom. The minimum absolute atomic E-state index is 0.259. The molecule has 0 N–H and O–H groups in total. The highest BCUT2D eigenvalue weighted by Gasteiger charge is 2.07. The van der Waals surface area contributed by atoms with Crippen LogP contribution in [0.1, 0.15) is 32.8 Å². The summed E-state index contributed by atoms with van der Waals surface area (Å²) in [5.74, 6) is 0. The highest BCUT2D eigenvalue weighted by atomic mass is 16.5. The van der Waals surface area contributed by atoms with Gasteiger partial charge in [0.15, 0.2) is 0 Å². The van der Waals surface area contributed by atoms with E-state index in [-0.39, 0.29) is 6.10 Å². The van der Waals surface area contributed by atoms with Gasteiger partial charge in [0.05, 0.1) is 12.7 Å². The number of hydrogen-bond donors (Lipinski definition) is 0. The van der Waals surface area contributed by atoms with Crippen molar-refractivity contribution in [3.05, 3.63) is 47.5 Å². The van der Waals surface area contributed by atoms with E-state index < -0.39 is 0 Å². The van der Waals surface area contributed by atoms with E-state index in [2.05, 4.69) is 39.0 Å². The maximum Gasteiger partial charge on any atom is 0.0784 e. The Kier molecular flexibility index (Phi) is 5.13. The highest BCUT2D eigenvalue weighted by Crippen LogP contribution is 2.12. The molecule has 0 aliphatic rings. The third-order valence-corrected chi connectivity index (χ3v) is 2.63. The summed E-state index contributed by atoms with van der Waals surface area (Å²) in [6.45, 7) is 7.04. The molecule has 0 spiro atoms. The smallest absolute Gasteiger partial charge is 0.0784 e. The maximum atomic E-state index is 5.86. The van der Waals surface area contributed by atoms with E-state index in [0.717, 1.165) is 6.42 Å². The van der Waals surface area contributed by atoms with E-state index in [1.54, 1.807) is 0 Å². The molecule has 1 aromatic rings. The van der Waals surface area contributed by atoms with Crippen molar-refractivity contribution >= 4 is 0 Å². The molecule has 0 aliphatic carbocycles. The van der Waals surface area contributed by atoms with Crippen molar-refractivity contribution in [2.24, 2.45) is 0 Å². The molecular weight excluding hydrogens is 184 g/mol. The van der Waals surface area contributed by atoms with E-state index >= 15 is 0 Å². The first-order valence-corrected chi connectivity index (χ1v) is 5.56. The van der Waals surface area contributed by atoms with Crippen LogP contribution in [0.2, 0.25) is 0 Å². The molecule has 1 nitrogen and oxygen atoms in total. The fourth-order valence-corrected chi connectivity index (χ4v) is 1.53. The Hall–Kier alpha value is -1.08. The van der Waals surface area contributed by atoms with Gasteiger partial charge in [-0.3, -0.25) is 0 Å². The summed E-state index contributed by atoms with van der Waals surface area (Å²) >= 11 is 0. The SMILES string of the molecule is C/C=C(\C)[C@@H](CC)OCc1ccccc1. The fourth-order valence-electron chi connectivity index (χ4n) is 1.53. The highest BCUT2D eigenvalue weighted by molar-refractivity contribution is 5.14. The minimum Gasteiger partial charge on any atom is -0.369 e. The molecule has 0 unspecified atom stereocenters. The second-order valence-corrected chi connectivity index (χ2v) is 3.73. The summed E-state index contributed by atoms with van der Waals surface area (Å²) in [5.41, 5.74) is 2.55. The van der Waals surface area contributed by atoms with E-state index in [1.165, 1.54) is 11.1 Å². The summed E-state index contributed by atoms with van der Waals surface area (Å²) in [4.78, 5) is 0. The Bertz CT molecular complexity index is 300. The van der Waals surface area contributed by atoms with Crippen molar-refractivity contribution in [2.75, 3.05) is 0 Å². The maximum absolute atomic E-state index is 5.86. The molecular formula is C14H20O. The van der Waals surface area contributed by atoms with Gasteiger partial charge in [0.1, 0.15) is 0 Å². The van der Waals surface area contributed by atoms with Crippen molar-refractivity contribution in [3.63, 3.8) is 0 Å². The molecule has 0 fully saturated rings. The van der Waals surface area contributed by atoms with Crippen LogP contribution in [0.4, 0.5) is 0 Å². The van der Waals surface area contributed by atoms with Crippen LogP contribution in [-0.2, 0) is 11.3 Å². The fraction of sp³-hybridized carbons (Fsp3) is 0.429. The second-order valence-electron chi connectivity index (χ2n) is 3.73. The topological polar surface area (TPSA) is 9.23 Å². The number of allylic oxidation sites excluding steroid dienone is 1. The average Bonchev–Trinajstić information content (AvgIpc) is 2.31. The molecule has 1 heteroatoms. The molecule has 15 heavy (non-hydrogen) atoms. The van der Waals surface area contributed by atoms with E-state index in [9.17, 15) is 0 Å². The van der Waals surface area contributed by atoms with Crippen LogP contribution in [0.5, 0.6) is 0 Å². The summed E-state index contributed by atoms with van der Waals surface area (Å²) in [5, 5.41) is 0. The van der Waals surface area contributed by atoms with Gasteiger partial charge in [-0.1, -0.05) is 43.3 Å². The number of ether oxygens (including phenoxy) is 1. The molecule has 1 aromatic carbocycles. The Balaban J connectivity index is 2.48. The third-order valence-electron chi connectivity index (χ3n) is 2.63. The van der Waals surface area contributed by atoms with Crippen LogP contribution in [0.15, 0.2) is 42.0 Å². The molecule has 0 heterocycles. The largest absolute Gasteiger partial charge is 0.369 e. The second kappa shape index (κ2) is 6.41. The standard InChI is InChI=1S/C14H20O/c1-4-12(3)14(5-2)15-11-13-9-7-6-8-10-13/h4,6-10,14H,5,11H2,1-3H3/b12-4+/t14-/m1/s1. The molecule has 0 saturated heterocycles. The van der Waals surface area contributed by atoms with Crippen molar-refractivity contribution in [1.82, 2.24) is 0 Å². The lowest BCUT2D eigenvalue weighted by atomic mass is 10.1. The van der Waals surface area contributed by atoms with E-state index in [4.69, 9.17) is 4.74 Å². The van der Waals surface area contributed by atoms with E-state index in [0.29, 0.717) is 6.61 Å². The number of benzene rings is 1. The lowest BCUT2D eigenvalue weighted by molar-refractivity contribution is 0.0620. The van der Waals surface area contributed by atoms with Crippen molar-refractivity contribution in [1.29, 1.82) is 0 Å². The van der Waals surface area contributed by atoms with Gasteiger partial charge >= 0.3 is 0 Å². The Labute approximate surface area is 92.8 Å². The van der Waals surface area contributed by atoms with Crippen LogP contribution in [0.25, 0.3) is 0 Å². The van der Waals surface area contributed by atoms with Crippen LogP contribution >= 0.6 is 0 Å². The molecule has 0 radical (unpaired) electrons. The monoisotopic (exact) mass is 204 g/mol. The Morgan fingerprint density at radius 1 is 1.33 bits per heavy atom.